The SMILES string of the molecule is CC(CCC(=O)O)CNC(=O)CC(C)C1CCCNC1. The molecule has 1 fully saturated rings. The minimum Gasteiger partial charge on any atom is -0.481 e. The summed E-state index contributed by atoms with van der Waals surface area (Å²) in [6.07, 6.45) is 3.75. The molecule has 3 unspecified atom stereocenters. The molecule has 3 N–H and O–H groups in total. The molecule has 1 rings (SSSR count). The van der Waals surface area contributed by atoms with Crippen LogP contribution in [-0.2, 0) is 9.59 Å². The van der Waals surface area contributed by atoms with Crippen LogP contribution in [0.15, 0.2) is 0 Å². The number of rotatable bonds is 8. The van der Waals surface area contributed by atoms with Crippen molar-refractivity contribution in [3.05, 3.63) is 0 Å². The number of carbonyl (C=O) groups excluding carboxylic acids is 1. The molecule has 1 aliphatic rings. The van der Waals surface area contributed by atoms with Crippen LogP contribution in [0.2, 0.25) is 0 Å². The fourth-order valence-corrected chi connectivity index (χ4v) is 2.66. The maximum atomic E-state index is 11.9. The van der Waals surface area contributed by atoms with Crippen LogP contribution in [-0.4, -0.2) is 36.6 Å². The average Bonchev–Trinajstić information content (AvgIpc) is 2.43. The van der Waals surface area contributed by atoms with Crippen LogP contribution >= 0.6 is 0 Å². The van der Waals surface area contributed by atoms with Gasteiger partial charge in [0.15, 0.2) is 0 Å². The van der Waals surface area contributed by atoms with Gasteiger partial charge in [0.2, 0.25) is 5.91 Å². The molecule has 1 aliphatic heterocycles. The number of nitrogens with one attached hydrogen (secondary N) is 2. The Morgan fingerprint density at radius 2 is 2.15 bits per heavy atom. The van der Waals surface area contributed by atoms with E-state index >= 15 is 0 Å². The van der Waals surface area contributed by atoms with Crippen LogP contribution in [0.3, 0.4) is 0 Å². The molecule has 0 radical (unpaired) electrons. The summed E-state index contributed by atoms with van der Waals surface area (Å²) in [5, 5.41) is 14.9. The fourth-order valence-electron chi connectivity index (χ4n) is 2.66. The van der Waals surface area contributed by atoms with E-state index in [1.54, 1.807) is 0 Å². The highest BCUT2D eigenvalue weighted by molar-refractivity contribution is 5.76. The summed E-state index contributed by atoms with van der Waals surface area (Å²) in [5.41, 5.74) is 0. The second-order valence-electron chi connectivity index (χ2n) is 6.13. The van der Waals surface area contributed by atoms with E-state index in [1.165, 1.54) is 12.8 Å². The second-order valence-corrected chi connectivity index (χ2v) is 6.13. The Balaban J connectivity index is 2.17. The molecule has 3 atom stereocenters. The summed E-state index contributed by atoms with van der Waals surface area (Å²) in [4.78, 5) is 22.4. The van der Waals surface area contributed by atoms with Crippen molar-refractivity contribution in [2.75, 3.05) is 19.6 Å². The van der Waals surface area contributed by atoms with Crippen molar-refractivity contribution in [1.29, 1.82) is 0 Å². The summed E-state index contributed by atoms with van der Waals surface area (Å²) >= 11 is 0. The Kier molecular flexibility index (Phi) is 7.59. The highest BCUT2D eigenvalue weighted by Gasteiger charge is 2.22. The van der Waals surface area contributed by atoms with Gasteiger partial charge in [0, 0.05) is 19.4 Å². The number of hydrogen-bond acceptors (Lipinski definition) is 3. The van der Waals surface area contributed by atoms with Crippen molar-refractivity contribution < 1.29 is 14.7 Å². The molecule has 20 heavy (non-hydrogen) atoms. The van der Waals surface area contributed by atoms with E-state index < -0.39 is 5.97 Å². The minimum absolute atomic E-state index is 0.0882. The largest absolute Gasteiger partial charge is 0.481 e. The molecule has 0 spiro atoms. The number of hydrogen-bond donors (Lipinski definition) is 3. The van der Waals surface area contributed by atoms with Crippen molar-refractivity contribution in [2.24, 2.45) is 17.8 Å². The Morgan fingerprint density at radius 1 is 1.40 bits per heavy atom. The van der Waals surface area contributed by atoms with Gasteiger partial charge in [-0.3, -0.25) is 9.59 Å². The lowest BCUT2D eigenvalue weighted by atomic mass is 9.85. The first-order valence-electron chi connectivity index (χ1n) is 7.68. The zero-order valence-electron chi connectivity index (χ0n) is 12.7. The van der Waals surface area contributed by atoms with Gasteiger partial charge in [0.1, 0.15) is 0 Å². The molecule has 1 amide bonds. The first-order chi connectivity index (χ1) is 9.49. The van der Waals surface area contributed by atoms with Gasteiger partial charge in [-0.05, 0) is 50.1 Å². The van der Waals surface area contributed by atoms with E-state index in [9.17, 15) is 9.59 Å². The molecule has 0 aromatic heterocycles. The average molecular weight is 284 g/mol. The molecule has 1 heterocycles. The van der Waals surface area contributed by atoms with Crippen LogP contribution in [0.5, 0.6) is 0 Å². The van der Waals surface area contributed by atoms with E-state index in [0.29, 0.717) is 31.2 Å². The van der Waals surface area contributed by atoms with Crippen LogP contribution < -0.4 is 10.6 Å². The maximum absolute atomic E-state index is 11.9. The lowest BCUT2D eigenvalue weighted by Crippen LogP contribution is -2.36. The van der Waals surface area contributed by atoms with E-state index in [4.69, 9.17) is 5.11 Å². The van der Waals surface area contributed by atoms with Crippen LogP contribution in [0.1, 0.15) is 46.0 Å². The van der Waals surface area contributed by atoms with E-state index in [1.807, 2.05) is 6.92 Å². The van der Waals surface area contributed by atoms with Crippen molar-refractivity contribution in [3.8, 4) is 0 Å². The summed E-state index contributed by atoms with van der Waals surface area (Å²) in [6, 6.07) is 0. The predicted octanol–water partition coefficient (Wildman–Crippen LogP) is 1.63. The minimum atomic E-state index is -0.776. The van der Waals surface area contributed by atoms with Gasteiger partial charge in [-0.2, -0.15) is 0 Å². The Morgan fingerprint density at radius 3 is 2.75 bits per heavy atom. The zero-order valence-corrected chi connectivity index (χ0v) is 12.7. The van der Waals surface area contributed by atoms with Crippen molar-refractivity contribution >= 4 is 11.9 Å². The van der Waals surface area contributed by atoms with Gasteiger partial charge >= 0.3 is 5.97 Å². The summed E-state index contributed by atoms with van der Waals surface area (Å²) in [7, 11) is 0. The molecule has 0 saturated carbocycles. The third-order valence-electron chi connectivity index (χ3n) is 4.15. The number of piperidine rings is 1. The third kappa shape index (κ3) is 6.89. The molecule has 5 nitrogen and oxygen atoms in total. The first-order valence-corrected chi connectivity index (χ1v) is 7.68. The number of carboxylic acid groups (broad SMARTS) is 1. The van der Waals surface area contributed by atoms with Gasteiger partial charge in [0.05, 0.1) is 0 Å². The van der Waals surface area contributed by atoms with Crippen molar-refractivity contribution in [3.63, 3.8) is 0 Å². The molecule has 0 bridgehead atoms. The van der Waals surface area contributed by atoms with Gasteiger partial charge in [-0.25, -0.2) is 0 Å². The molecular weight excluding hydrogens is 256 g/mol. The highest BCUT2D eigenvalue weighted by atomic mass is 16.4. The Labute approximate surface area is 121 Å². The normalized spacial score (nSPS) is 22.0. The van der Waals surface area contributed by atoms with Gasteiger partial charge in [0.25, 0.3) is 0 Å². The fraction of sp³-hybridized carbons (Fsp3) is 0.867. The monoisotopic (exact) mass is 284 g/mol. The molecule has 1 saturated heterocycles. The van der Waals surface area contributed by atoms with E-state index in [-0.39, 0.29) is 18.2 Å². The maximum Gasteiger partial charge on any atom is 0.303 e. The quantitative estimate of drug-likeness (QED) is 0.633. The standard InChI is InChI=1S/C15H28N2O3/c1-11(5-6-15(19)20)9-17-14(18)8-12(2)13-4-3-7-16-10-13/h11-13,16H,3-10H2,1-2H3,(H,17,18)(H,19,20). The number of carbonyl (C=O) groups is 2. The summed E-state index contributed by atoms with van der Waals surface area (Å²) in [6.45, 7) is 6.80. The van der Waals surface area contributed by atoms with E-state index in [0.717, 1.165) is 13.1 Å². The Hall–Kier alpha value is -1.10. The van der Waals surface area contributed by atoms with Gasteiger partial charge < -0.3 is 15.7 Å². The smallest absolute Gasteiger partial charge is 0.303 e. The zero-order chi connectivity index (χ0) is 15.0. The molecule has 5 heteroatoms. The van der Waals surface area contributed by atoms with Crippen LogP contribution in [0.4, 0.5) is 0 Å². The highest BCUT2D eigenvalue weighted by Crippen LogP contribution is 2.22. The van der Waals surface area contributed by atoms with Crippen LogP contribution in [0.25, 0.3) is 0 Å². The van der Waals surface area contributed by atoms with Crippen LogP contribution in [0, 0.1) is 17.8 Å². The summed E-state index contributed by atoms with van der Waals surface area (Å²) in [5.74, 6) is 0.518. The van der Waals surface area contributed by atoms with Gasteiger partial charge in [-0.1, -0.05) is 13.8 Å². The molecule has 116 valence electrons. The third-order valence-corrected chi connectivity index (χ3v) is 4.15. The molecule has 0 aromatic carbocycles. The molecular formula is C15H28N2O3. The topological polar surface area (TPSA) is 78.4 Å². The Bertz CT molecular complexity index is 314. The van der Waals surface area contributed by atoms with Crippen molar-refractivity contribution in [2.45, 2.75) is 46.0 Å². The lowest BCUT2D eigenvalue weighted by molar-refractivity contribution is -0.137. The predicted molar refractivity (Wildman–Crippen MR) is 78.4 cm³/mol. The number of carboxylic acids is 1. The van der Waals surface area contributed by atoms with Gasteiger partial charge in [-0.15, -0.1) is 0 Å². The van der Waals surface area contributed by atoms with Crippen molar-refractivity contribution in [1.82, 2.24) is 10.6 Å². The second kappa shape index (κ2) is 8.95. The number of aliphatic carboxylic acids is 1. The first kappa shape index (κ1) is 17.0. The van der Waals surface area contributed by atoms with E-state index in [2.05, 4.69) is 17.6 Å². The number of amides is 1. The summed E-state index contributed by atoms with van der Waals surface area (Å²) < 4.78 is 0. The molecule has 0 aromatic rings. The lowest BCUT2D eigenvalue weighted by Gasteiger charge is -2.28. The molecule has 0 aliphatic carbocycles.